The number of aliphatic imine (C=N–C) groups is 1. The zero-order chi connectivity index (χ0) is 37.8. The predicted octanol–water partition coefficient (Wildman–Crippen LogP) is 1.94. The number of nitrogens with one attached hydrogen (secondary N) is 5. The molecular weight excluding hydrogens is 660 g/mol. The molecule has 0 saturated carbocycles. The Morgan fingerprint density at radius 1 is 0.922 bits per heavy atom. The maximum Gasteiger partial charge on any atom is 0.408 e. The van der Waals surface area contributed by atoms with Crippen molar-refractivity contribution in [3.63, 3.8) is 0 Å². The van der Waals surface area contributed by atoms with Gasteiger partial charge >= 0.3 is 6.09 Å². The number of rotatable bonds is 21. The van der Waals surface area contributed by atoms with Crippen molar-refractivity contribution in [3.8, 4) is 0 Å². The van der Waals surface area contributed by atoms with Crippen LogP contribution in [0.5, 0.6) is 0 Å². The molecule has 4 amide bonds. The van der Waals surface area contributed by atoms with Crippen LogP contribution in [-0.2, 0) is 32.1 Å². The summed E-state index contributed by atoms with van der Waals surface area (Å²) >= 11 is 0. The second-order valence-corrected chi connectivity index (χ2v) is 12.9. The number of aliphatic hydroxyl groups is 1. The number of guanidine groups is 1. The van der Waals surface area contributed by atoms with E-state index in [0.717, 1.165) is 11.1 Å². The van der Waals surface area contributed by atoms with Crippen molar-refractivity contribution >= 4 is 29.8 Å². The molecule has 16 nitrogen and oxygen atoms in total. The van der Waals surface area contributed by atoms with E-state index in [1.165, 1.54) is 0 Å². The average Bonchev–Trinajstić information content (AvgIpc) is 3.07. The van der Waals surface area contributed by atoms with Gasteiger partial charge in [-0.3, -0.25) is 14.4 Å². The SMILES string of the molecule is CC(C)C[C@H](NC(=O)[C@@H](NC(=O)[C@H](CCCN=C(N)N[N+](=O)[O-])NC(=O)OCc1ccccc1)C(C)C)[C@@H](O)CC(=O)NCCc1ccccc1. The van der Waals surface area contributed by atoms with Crippen molar-refractivity contribution in [1.29, 1.82) is 0 Å². The van der Waals surface area contributed by atoms with E-state index in [4.69, 9.17) is 10.5 Å². The predicted molar refractivity (Wildman–Crippen MR) is 191 cm³/mol. The summed E-state index contributed by atoms with van der Waals surface area (Å²) in [4.78, 5) is 67.0. The van der Waals surface area contributed by atoms with Crippen molar-refractivity contribution in [2.45, 2.75) is 90.6 Å². The first-order chi connectivity index (χ1) is 24.2. The highest BCUT2D eigenvalue weighted by Crippen LogP contribution is 2.14. The third-order valence-electron chi connectivity index (χ3n) is 7.70. The van der Waals surface area contributed by atoms with E-state index in [1.54, 1.807) is 43.5 Å². The van der Waals surface area contributed by atoms with E-state index >= 15 is 0 Å². The van der Waals surface area contributed by atoms with Crippen LogP contribution in [0.3, 0.4) is 0 Å². The normalized spacial score (nSPS) is 13.7. The number of hydrogen-bond donors (Lipinski definition) is 7. The molecule has 8 N–H and O–H groups in total. The van der Waals surface area contributed by atoms with Gasteiger partial charge in [-0.05, 0) is 48.6 Å². The summed E-state index contributed by atoms with van der Waals surface area (Å²) in [7, 11) is 0. The molecule has 0 spiro atoms. The standard InChI is InChI=1S/C35H52N8O8/c1-23(2)20-28(29(44)21-30(45)37-19-17-25-12-7-5-8-13-25)39-33(47)31(24(3)4)41-32(46)27(16-11-18-38-34(36)42-43(49)50)40-35(48)51-22-26-14-9-6-10-15-26/h5-10,12-15,23-24,27-29,31,44H,11,16-22H2,1-4H3,(H,37,45)(H,39,47)(H,40,48)(H,41,46)(H3,36,38,42)/t27-,28-,29-,31-/m0/s1. The minimum absolute atomic E-state index is 0.000104. The highest BCUT2D eigenvalue weighted by molar-refractivity contribution is 5.91. The summed E-state index contributed by atoms with van der Waals surface area (Å²) in [6.07, 6.45) is -1.08. The largest absolute Gasteiger partial charge is 0.445 e. The first-order valence-electron chi connectivity index (χ1n) is 17.0. The third kappa shape index (κ3) is 17.3. The van der Waals surface area contributed by atoms with Gasteiger partial charge in [0.25, 0.3) is 5.96 Å². The summed E-state index contributed by atoms with van der Waals surface area (Å²) in [6, 6.07) is 15.6. The molecule has 0 fully saturated rings. The van der Waals surface area contributed by atoms with E-state index in [1.807, 2.05) is 50.2 Å². The van der Waals surface area contributed by atoms with Crippen LogP contribution in [0.25, 0.3) is 0 Å². The van der Waals surface area contributed by atoms with Crippen LogP contribution in [0.1, 0.15) is 64.5 Å². The molecule has 0 radical (unpaired) electrons. The Bertz CT molecular complexity index is 1430. The number of ether oxygens (including phenoxy) is 1. The summed E-state index contributed by atoms with van der Waals surface area (Å²) in [6.45, 7) is 7.65. The highest BCUT2D eigenvalue weighted by atomic mass is 16.7. The van der Waals surface area contributed by atoms with E-state index in [9.17, 15) is 34.4 Å². The van der Waals surface area contributed by atoms with Gasteiger partial charge in [-0.2, -0.15) is 0 Å². The lowest BCUT2D eigenvalue weighted by atomic mass is 9.95. The van der Waals surface area contributed by atoms with E-state index in [2.05, 4.69) is 26.3 Å². The number of nitrogens with two attached hydrogens (primary N) is 1. The van der Waals surface area contributed by atoms with Crippen LogP contribution < -0.4 is 32.4 Å². The second kappa shape index (κ2) is 22.5. The monoisotopic (exact) mass is 712 g/mol. The molecule has 0 aliphatic rings. The number of carbonyl (C=O) groups excluding carboxylic acids is 4. The highest BCUT2D eigenvalue weighted by Gasteiger charge is 2.32. The minimum Gasteiger partial charge on any atom is -0.445 e. The Hall–Kier alpha value is -5.25. The number of hydrogen-bond acceptors (Lipinski definition) is 9. The number of nitrogens with zero attached hydrogens (tertiary/aromatic N) is 2. The number of nitro groups is 1. The van der Waals surface area contributed by atoms with Gasteiger partial charge < -0.3 is 36.8 Å². The fraction of sp³-hybridized carbons (Fsp3) is 0.514. The Balaban J connectivity index is 2.08. The number of carbonyl (C=O) groups is 4. The zero-order valence-electron chi connectivity index (χ0n) is 29.7. The van der Waals surface area contributed by atoms with Crippen molar-refractivity contribution < 1.29 is 34.1 Å². The van der Waals surface area contributed by atoms with Crippen LogP contribution in [-0.4, -0.2) is 77.2 Å². The first kappa shape index (κ1) is 41.9. The van der Waals surface area contributed by atoms with Gasteiger partial charge in [-0.1, -0.05) is 93.8 Å². The molecule has 2 aromatic rings. The number of alkyl carbamates (subject to hydrolysis) is 1. The quantitative estimate of drug-likeness (QED) is 0.0326. The smallest absolute Gasteiger partial charge is 0.408 e. The van der Waals surface area contributed by atoms with Gasteiger partial charge in [0.1, 0.15) is 18.7 Å². The zero-order valence-corrected chi connectivity index (χ0v) is 29.7. The molecule has 280 valence electrons. The Morgan fingerprint density at radius 3 is 2.14 bits per heavy atom. The summed E-state index contributed by atoms with van der Waals surface area (Å²) in [5.41, 5.74) is 8.99. The van der Waals surface area contributed by atoms with Crippen molar-refractivity contribution in [3.05, 3.63) is 81.9 Å². The topological polar surface area (TPSA) is 239 Å². The van der Waals surface area contributed by atoms with Crippen LogP contribution in [0, 0.1) is 22.0 Å². The van der Waals surface area contributed by atoms with Crippen LogP contribution in [0.2, 0.25) is 0 Å². The number of aliphatic hydroxyl groups excluding tert-OH is 1. The fourth-order valence-electron chi connectivity index (χ4n) is 5.08. The fourth-order valence-corrected chi connectivity index (χ4v) is 5.08. The van der Waals surface area contributed by atoms with Gasteiger partial charge in [0.2, 0.25) is 17.7 Å². The van der Waals surface area contributed by atoms with E-state index in [0.29, 0.717) is 19.4 Å². The van der Waals surface area contributed by atoms with Crippen molar-refractivity contribution in [2.24, 2.45) is 22.6 Å². The van der Waals surface area contributed by atoms with E-state index in [-0.39, 0.29) is 44.2 Å². The maximum absolute atomic E-state index is 13.6. The number of amides is 4. The number of hydrazine groups is 1. The minimum atomic E-state index is -1.19. The third-order valence-corrected chi connectivity index (χ3v) is 7.70. The average molecular weight is 713 g/mol. The molecule has 0 saturated heterocycles. The summed E-state index contributed by atoms with van der Waals surface area (Å²) in [5.74, 6) is -2.37. The van der Waals surface area contributed by atoms with Crippen molar-refractivity contribution in [2.75, 3.05) is 13.1 Å². The molecule has 51 heavy (non-hydrogen) atoms. The molecular formula is C35H52N8O8. The lowest BCUT2D eigenvalue weighted by Crippen LogP contribution is -2.58. The number of benzene rings is 2. The molecule has 2 aromatic carbocycles. The Morgan fingerprint density at radius 2 is 1.55 bits per heavy atom. The van der Waals surface area contributed by atoms with Crippen LogP contribution in [0.15, 0.2) is 65.7 Å². The molecule has 0 aliphatic carbocycles. The van der Waals surface area contributed by atoms with Gasteiger partial charge in [0.05, 0.1) is 18.6 Å². The molecule has 16 heteroatoms. The van der Waals surface area contributed by atoms with Crippen LogP contribution >= 0.6 is 0 Å². The Labute approximate surface area is 298 Å². The molecule has 0 aromatic heterocycles. The molecule has 0 heterocycles. The van der Waals surface area contributed by atoms with Gasteiger partial charge in [-0.15, -0.1) is 0 Å². The molecule has 0 aliphatic heterocycles. The molecule has 0 unspecified atom stereocenters. The second-order valence-electron chi connectivity index (χ2n) is 12.9. The first-order valence-corrected chi connectivity index (χ1v) is 17.0. The molecule has 2 rings (SSSR count). The van der Waals surface area contributed by atoms with Gasteiger partial charge in [0, 0.05) is 13.1 Å². The Kier molecular flexibility index (Phi) is 18.5. The summed E-state index contributed by atoms with van der Waals surface area (Å²) < 4.78 is 5.29. The van der Waals surface area contributed by atoms with Crippen molar-refractivity contribution in [1.82, 2.24) is 26.7 Å². The lowest BCUT2D eigenvalue weighted by molar-refractivity contribution is -0.525. The molecule has 4 atom stereocenters. The summed E-state index contributed by atoms with van der Waals surface area (Å²) in [5, 5.41) is 31.6. The van der Waals surface area contributed by atoms with E-state index < -0.39 is 59.0 Å². The molecule has 0 bridgehead atoms. The van der Waals surface area contributed by atoms with Gasteiger partial charge in [0.15, 0.2) is 5.03 Å². The lowest BCUT2D eigenvalue weighted by Gasteiger charge is -2.30. The van der Waals surface area contributed by atoms with Crippen LogP contribution in [0.4, 0.5) is 4.79 Å². The maximum atomic E-state index is 13.6. The van der Waals surface area contributed by atoms with Gasteiger partial charge in [-0.25, -0.2) is 19.9 Å².